The Morgan fingerprint density at radius 3 is 2.68 bits per heavy atom. The van der Waals surface area contributed by atoms with Crippen molar-refractivity contribution in [3.05, 3.63) is 60.4 Å². The molecule has 3 atom stereocenters. The van der Waals surface area contributed by atoms with E-state index in [1.165, 1.54) is 0 Å². The molecule has 178 valence electrons. The molecule has 34 heavy (non-hydrogen) atoms. The van der Waals surface area contributed by atoms with E-state index in [4.69, 9.17) is 4.98 Å². The zero-order valence-corrected chi connectivity index (χ0v) is 19.8. The van der Waals surface area contributed by atoms with Crippen molar-refractivity contribution < 1.29 is 9.59 Å². The molecule has 0 saturated carbocycles. The standard InChI is InChI=1S/C26H32N6O2/c1-30-19(12-13-24(33)28-18-8-4-3-5-9-18)16-27-26(34)25-22(30)14-15-32(25)17-23-29-20-10-6-7-11-21(20)31(23)2/h3-11,19,22,25H,12-17H2,1-2H3,(H,27,34)(H,28,33)/t19-,22+,25-/m0/s1. The van der Waals surface area contributed by atoms with Gasteiger partial charge in [0.2, 0.25) is 11.8 Å². The molecule has 8 nitrogen and oxygen atoms in total. The van der Waals surface area contributed by atoms with Crippen LogP contribution in [0.2, 0.25) is 0 Å². The van der Waals surface area contributed by atoms with E-state index in [9.17, 15) is 9.59 Å². The monoisotopic (exact) mass is 460 g/mol. The first-order chi connectivity index (χ1) is 16.5. The van der Waals surface area contributed by atoms with Gasteiger partial charge >= 0.3 is 0 Å². The maximum absolute atomic E-state index is 13.1. The van der Waals surface area contributed by atoms with Crippen molar-refractivity contribution in [3.8, 4) is 0 Å². The number of rotatable bonds is 6. The number of benzene rings is 2. The van der Waals surface area contributed by atoms with Crippen molar-refractivity contribution >= 4 is 28.5 Å². The number of likely N-dealkylation sites (N-methyl/N-ethyl adjacent to an activating group) is 1. The highest BCUT2D eigenvalue weighted by Crippen LogP contribution is 2.29. The zero-order valence-electron chi connectivity index (χ0n) is 19.8. The molecule has 2 saturated heterocycles. The van der Waals surface area contributed by atoms with Gasteiger partial charge in [-0.1, -0.05) is 30.3 Å². The lowest BCUT2D eigenvalue weighted by atomic mass is 10.0. The van der Waals surface area contributed by atoms with Crippen molar-refractivity contribution in [2.45, 2.75) is 43.9 Å². The van der Waals surface area contributed by atoms with Crippen LogP contribution in [0.3, 0.4) is 0 Å². The second-order valence-corrected chi connectivity index (χ2v) is 9.36. The molecule has 2 amide bonds. The molecule has 0 spiro atoms. The Labute approximate surface area is 199 Å². The molecule has 5 rings (SSSR count). The predicted octanol–water partition coefficient (Wildman–Crippen LogP) is 2.37. The van der Waals surface area contributed by atoms with Gasteiger partial charge in [-0.3, -0.25) is 19.4 Å². The summed E-state index contributed by atoms with van der Waals surface area (Å²) >= 11 is 0. The fraction of sp³-hybridized carbons (Fsp3) is 0.423. The molecule has 2 aliphatic rings. The number of para-hydroxylation sites is 3. The molecular weight excluding hydrogens is 428 g/mol. The molecule has 2 aromatic carbocycles. The van der Waals surface area contributed by atoms with Crippen LogP contribution in [0.25, 0.3) is 11.0 Å². The van der Waals surface area contributed by atoms with E-state index in [1.54, 1.807) is 0 Å². The minimum Gasteiger partial charge on any atom is -0.353 e. The third-order valence-corrected chi connectivity index (χ3v) is 7.34. The Morgan fingerprint density at radius 1 is 1.12 bits per heavy atom. The van der Waals surface area contributed by atoms with E-state index in [0.717, 1.165) is 35.5 Å². The van der Waals surface area contributed by atoms with Crippen LogP contribution < -0.4 is 10.6 Å². The maximum atomic E-state index is 13.1. The van der Waals surface area contributed by atoms with Gasteiger partial charge in [0.25, 0.3) is 0 Å². The first kappa shape index (κ1) is 22.6. The largest absolute Gasteiger partial charge is 0.353 e. The lowest BCUT2D eigenvalue weighted by Gasteiger charge is -2.33. The second-order valence-electron chi connectivity index (χ2n) is 9.36. The maximum Gasteiger partial charge on any atom is 0.239 e. The van der Waals surface area contributed by atoms with Crippen molar-refractivity contribution in [2.24, 2.45) is 7.05 Å². The van der Waals surface area contributed by atoms with Gasteiger partial charge in [-0.2, -0.15) is 0 Å². The summed E-state index contributed by atoms with van der Waals surface area (Å²) in [4.78, 5) is 35.0. The molecule has 3 aromatic rings. The quantitative estimate of drug-likeness (QED) is 0.590. The summed E-state index contributed by atoms with van der Waals surface area (Å²) in [6, 6.07) is 17.7. The summed E-state index contributed by atoms with van der Waals surface area (Å²) in [6.07, 6.45) is 2.04. The van der Waals surface area contributed by atoms with Crippen LogP contribution in [0.5, 0.6) is 0 Å². The number of hydrogen-bond donors (Lipinski definition) is 2. The number of nitrogens with zero attached hydrogens (tertiary/aromatic N) is 4. The Balaban J connectivity index is 1.24. The number of carbonyl (C=O) groups excluding carboxylic acids is 2. The van der Waals surface area contributed by atoms with E-state index in [0.29, 0.717) is 25.9 Å². The minimum absolute atomic E-state index is 0.00150. The normalized spacial score (nSPS) is 23.5. The number of aryl methyl sites for hydroxylation is 1. The summed E-state index contributed by atoms with van der Waals surface area (Å²) < 4.78 is 2.12. The molecule has 3 heterocycles. The molecule has 2 N–H and O–H groups in total. The minimum atomic E-state index is -0.215. The Hall–Kier alpha value is -3.23. The van der Waals surface area contributed by atoms with Crippen molar-refractivity contribution in [3.63, 3.8) is 0 Å². The van der Waals surface area contributed by atoms with Crippen LogP contribution >= 0.6 is 0 Å². The number of likely N-dealkylation sites (tertiary alicyclic amines) is 1. The van der Waals surface area contributed by atoms with Crippen LogP contribution in [0.4, 0.5) is 5.69 Å². The third kappa shape index (κ3) is 4.43. The van der Waals surface area contributed by atoms with Gasteiger partial charge < -0.3 is 15.2 Å². The Morgan fingerprint density at radius 2 is 1.88 bits per heavy atom. The average Bonchev–Trinajstić information content (AvgIpc) is 3.37. The van der Waals surface area contributed by atoms with Gasteiger partial charge in [-0.25, -0.2) is 4.98 Å². The van der Waals surface area contributed by atoms with Gasteiger partial charge in [0, 0.05) is 44.3 Å². The van der Waals surface area contributed by atoms with Crippen LogP contribution in [0.15, 0.2) is 54.6 Å². The number of anilines is 1. The van der Waals surface area contributed by atoms with E-state index >= 15 is 0 Å². The average molecular weight is 461 g/mol. The predicted molar refractivity (Wildman–Crippen MR) is 132 cm³/mol. The van der Waals surface area contributed by atoms with Gasteiger partial charge in [-0.05, 0) is 44.2 Å². The number of fused-ring (bicyclic) bond motifs is 2. The number of hydrogen-bond acceptors (Lipinski definition) is 5. The second kappa shape index (κ2) is 9.56. The SMILES string of the molecule is CN1[C@@H](CCC(=O)Nc2ccccc2)CNC(=O)[C@@H]2[C@H]1CCN2Cc1nc2ccccc2n1C. The Kier molecular flexibility index (Phi) is 6.34. The summed E-state index contributed by atoms with van der Waals surface area (Å²) in [5.41, 5.74) is 2.89. The van der Waals surface area contributed by atoms with Crippen LogP contribution in [0.1, 0.15) is 25.1 Å². The highest BCUT2D eigenvalue weighted by atomic mass is 16.2. The van der Waals surface area contributed by atoms with Gasteiger partial charge in [-0.15, -0.1) is 0 Å². The molecule has 1 aromatic heterocycles. The van der Waals surface area contributed by atoms with Crippen LogP contribution in [-0.2, 0) is 23.2 Å². The Bertz CT molecular complexity index is 1180. The molecule has 0 unspecified atom stereocenters. The fourth-order valence-electron chi connectivity index (χ4n) is 5.39. The molecule has 0 radical (unpaired) electrons. The van der Waals surface area contributed by atoms with E-state index in [-0.39, 0.29) is 29.9 Å². The summed E-state index contributed by atoms with van der Waals surface area (Å²) in [6.45, 7) is 2.04. The van der Waals surface area contributed by atoms with Crippen LogP contribution in [-0.4, -0.2) is 69.4 Å². The van der Waals surface area contributed by atoms with Crippen molar-refractivity contribution in [1.29, 1.82) is 0 Å². The number of carbonyl (C=O) groups is 2. The number of aromatic nitrogens is 2. The first-order valence-corrected chi connectivity index (χ1v) is 12.0. The van der Waals surface area contributed by atoms with Gasteiger partial charge in [0.15, 0.2) is 0 Å². The van der Waals surface area contributed by atoms with Gasteiger partial charge in [0.05, 0.1) is 17.6 Å². The molecule has 0 aliphatic carbocycles. The summed E-state index contributed by atoms with van der Waals surface area (Å²) in [7, 11) is 4.13. The summed E-state index contributed by atoms with van der Waals surface area (Å²) in [5.74, 6) is 1.04. The lowest BCUT2D eigenvalue weighted by Crippen LogP contribution is -2.49. The number of imidazole rings is 1. The van der Waals surface area contributed by atoms with Crippen molar-refractivity contribution in [2.75, 3.05) is 25.5 Å². The smallest absolute Gasteiger partial charge is 0.239 e. The zero-order chi connectivity index (χ0) is 23.7. The summed E-state index contributed by atoms with van der Waals surface area (Å²) in [5, 5.41) is 6.10. The van der Waals surface area contributed by atoms with Crippen molar-refractivity contribution in [1.82, 2.24) is 24.7 Å². The third-order valence-electron chi connectivity index (χ3n) is 7.34. The fourth-order valence-corrected chi connectivity index (χ4v) is 5.39. The molecular formula is C26H32N6O2. The van der Waals surface area contributed by atoms with E-state index in [1.807, 2.05) is 55.6 Å². The molecule has 0 bridgehead atoms. The van der Waals surface area contributed by atoms with Crippen LogP contribution in [0, 0.1) is 0 Å². The lowest BCUT2D eigenvalue weighted by molar-refractivity contribution is -0.126. The number of nitrogens with one attached hydrogen (secondary N) is 2. The highest BCUT2D eigenvalue weighted by molar-refractivity contribution is 5.90. The highest BCUT2D eigenvalue weighted by Gasteiger charge is 2.45. The van der Waals surface area contributed by atoms with E-state index < -0.39 is 0 Å². The molecule has 8 heteroatoms. The molecule has 2 aliphatic heterocycles. The first-order valence-electron chi connectivity index (χ1n) is 12.0. The topological polar surface area (TPSA) is 82.5 Å². The molecule has 2 fully saturated rings. The van der Waals surface area contributed by atoms with Gasteiger partial charge in [0.1, 0.15) is 11.9 Å². The van der Waals surface area contributed by atoms with E-state index in [2.05, 4.69) is 38.1 Å². The number of amides is 2.